The lowest BCUT2D eigenvalue weighted by atomic mass is 10.1. The number of aryl methyl sites for hydroxylation is 1. The van der Waals surface area contributed by atoms with Gasteiger partial charge in [0.15, 0.2) is 5.82 Å². The van der Waals surface area contributed by atoms with Crippen LogP contribution >= 0.6 is 0 Å². The van der Waals surface area contributed by atoms with E-state index in [1.54, 1.807) is 0 Å². The Kier molecular flexibility index (Phi) is 6.57. The van der Waals surface area contributed by atoms with Gasteiger partial charge in [-0.3, -0.25) is 4.90 Å². The first-order valence-corrected chi connectivity index (χ1v) is 13.6. The molecule has 0 spiro atoms. The fourth-order valence-electron chi connectivity index (χ4n) is 6.15. The normalized spacial score (nSPS) is 20.1. The lowest BCUT2D eigenvalue weighted by Gasteiger charge is -2.40. The van der Waals surface area contributed by atoms with Crippen LogP contribution in [0.3, 0.4) is 0 Å². The summed E-state index contributed by atoms with van der Waals surface area (Å²) in [5.41, 5.74) is 3.98. The van der Waals surface area contributed by atoms with E-state index in [2.05, 4.69) is 66.5 Å². The summed E-state index contributed by atoms with van der Waals surface area (Å²) in [6.07, 6.45) is 5.69. The standard InChI is InChI=1S/C29H35FN8/c1-5-36-16-22-8-9-23(17-36)37(22)15-20-6-11-27(31-13-20)34-29-32-14-24(30)28(35-29)21-7-10-25-26(12-21)38(18(2)3)19(4)33-25/h6-7,10-14,18,22-23H,5,8-9,15-17H2,1-4H3,(H,31,32,34,35). The van der Waals surface area contributed by atoms with Gasteiger partial charge >= 0.3 is 0 Å². The number of rotatable bonds is 7. The second-order valence-electron chi connectivity index (χ2n) is 10.8. The van der Waals surface area contributed by atoms with Crippen LogP contribution in [0.1, 0.15) is 51.0 Å². The highest BCUT2D eigenvalue weighted by Gasteiger charge is 2.39. The molecule has 0 amide bonds. The van der Waals surface area contributed by atoms with Crippen molar-refractivity contribution in [2.75, 3.05) is 25.0 Å². The molecule has 1 aromatic carbocycles. The van der Waals surface area contributed by atoms with E-state index in [4.69, 9.17) is 0 Å². The molecule has 38 heavy (non-hydrogen) atoms. The van der Waals surface area contributed by atoms with Gasteiger partial charge in [0.25, 0.3) is 0 Å². The molecular weight excluding hydrogens is 479 g/mol. The Morgan fingerprint density at radius 1 is 1.03 bits per heavy atom. The first kappa shape index (κ1) is 24.9. The van der Waals surface area contributed by atoms with Crippen molar-refractivity contribution in [3.05, 3.63) is 59.9 Å². The highest BCUT2D eigenvalue weighted by Crippen LogP contribution is 2.32. The van der Waals surface area contributed by atoms with Gasteiger partial charge in [-0.2, -0.15) is 0 Å². The summed E-state index contributed by atoms with van der Waals surface area (Å²) < 4.78 is 17.0. The van der Waals surface area contributed by atoms with Crippen LogP contribution in [0.2, 0.25) is 0 Å². The van der Waals surface area contributed by atoms with Gasteiger partial charge in [0.1, 0.15) is 17.3 Å². The maximum absolute atomic E-state index is 14.9. The topological polar surface area (TPSA) is 75.0 Å². The zero-order valence-electron chi connectivity index (χ0n) is 22.5. The number of hydrogen-bond donors (Lipinski definition) is 1. The van der Waals surface area contributed by atoms with Gasteiger partial charge in [0, 0.05) is 49.5 Å². The smallest absolute Gasteiger partial charge is 0.229 e. The van der Waals surface area contributed by atoms with Gasteiger partial charge in [0.05, 0.1) is 17.2 Å². The van der Waals surface area contributed by atoms with Crippen molar-refractivity contribution in [2.24, 2.45) is 0 Å². The van der Waals surface area contributed by atoms with Crippen molar-refractivity contribution >= 4 is 22.8 Å². The van der Waals surface area contributed by atoms with E-state index in [0.717, 1.165) is 43.0 Å². The minimum atomic E-state index is -0.469. The number of nitrogens with one attached hydrogen (secondary N) is 1. The number of benzene rings is 1. The number of fused-ring (bicyclic) bond motifs is 3. The van der Waals surface area contributed by atoms with Crippen LogP contribution in [-0.2, 0) is 6.54 Å². The van der Waals surface area contributed by atoms with Crippen molar-refractivity contribution < 1.29 is 4.39 Å². The molecule has 8 nitrogen and oxygen atoms in total. The molecule has 198 valence electrons. The van der Waals surface area contributed by atoms with E-state index in [1.165, 1.54) is 24.6 Å². The Morgan fingerprint density at radius 3 is 2.50 bits per heavy atom. The highest BCUT2D eigenvalue weighted by atomic mass is 19.1. The lowest BCUT2D eigenvalue weighted by Crippen LogP contribution is -2.52. The average molecular weight is 515 g/mol. The van der Waals surface area contributed by atoms with E-state index in [-0.39, 0.29) is 11.7 Å². The number of pyridine rings is 1. The van der Waals surface area contributed by atoms with E-state index in [1.807, 2.05) is 37.4 Å². The molecule has 2 bridgehead atoms. The summed E-state index contributed by atoms with van der Waals surface area (Å²) in [5.74, 6) is 1.41. The van der Waals surface area contributed by atoms with Gasteiger partial charge in [0.2, 0.25) is 5.95 Å². The molecular formula is C29H35FN8. The molecule has 2 unspecified atom stereocenters. The number of nitrogens with zero attached hydrogens (tertiary/aromatic N) is 7. The summed E-state index contributed by atoms with van der Waals surface area (Å²) in [4.78, 5) is 23.1. The summed E-state index contributed by atoms with van der Waals surface area (Å²) in [7, 11) is 0. The van der Waals surface area contributed by atoms with E-state index >= 15 is 0 Å². The van der Waals surface area contributed by atoms with Gasteiger partial charge in [-0.05, 0) is 63.9 Å². The van der Waals surface area contributed by atoms with Crippen LogP contribution in [-0.4, -0.2) is 66.0 Å². The third kappa shape index (κ3) is 4.65. The third-order valence-electron chi connectivity index (χ3n) is 7.99. The van der Waals surface area contributed by atoms with E-state index < -0.39 is 5.82 Å². The molecule has 2 fully saturated rings. The first-order chi connectivity index (χ1) is 18.4. The van der Waals surface area contributed by atoms with Gasteiger partial charge in [-0.25, -0.2) is 24.3 Å². The number of likely N-dealkylation sites (tertiary alicyclic amines) is 1. The molecule has 9 heteroatoms. The van der Waals surface area contributed by atoms with Crippen LogP contribution in [0.25, 0.3) is 22.3 Å². The molecule has 2 saturated heterocycles. The second-order valence-corrected chi connectivity index (χ2v) is 10.8. The Labute approximate surface area is 222 Å². The number of piperazine rings is 1. The summed E-state index contributed by atoms with van der Waals surface area (Å²) >= 11 is 0. The van der Waals surface area contributed by atoms with E-state index in [0.29, 0.717) is 29.4 Å². The zero-order valence-corrected chi connectivity index (χ0v) is 22.5. The number of halogens is 1. The SMILES string of the molecule is CCN1CC2CCC(C1)N2Cc1ccc(Nc2ncc(F)c(-c3ccc4nc(C)n(C(C)C)c4c3)n2)nc1. The summed E-state index contributed by atoms with van der Waals surface area (Å²) in [6.45, 7) is 12.8. The van der Waals surface area contributed by atoms with Gasteiger partial charge in [-0.1, -0.05) is 19.1 Å². The number of hydrogen-bond acceptors (Lipinski definition) is 7. The molecule has 0 saturated carbocycles. The minimum Gasteiger partial charge on any atom is -0.326 e. The van der Waals surface area contributed by atoms with Crippen molar-refractivity contribution in [3.8, 4) is 11.3 Å². The van der Waals surface area contributed by atoms with Crippen LogP contribution < -0.4 is 5.32 Å². The molecule has 4 aromatic rings. The van der Waals surface area contributed by atoms with Crippen LogP contribution in [0.15, 0.2) is 42.7 Å². The molecule has 5 heterocycles. The predicted molar refractivity (Wildman–Crippen MR) is 148 cm³/mol. The Balaban J connectivity index is 1.19. The van der Waals surface area contributed by atoms with Crippen LogP contribution in [0.5, 0.6) is 0 Å². The molecule has 2 aliphatic heterocycles. The summed E-state index contributed by atoms with van der Waals surface area (Å²) in [5, 5.41) is 3.15. The zero-order chi connectivity index (χ0) is 26.4. The Morgan fingerprint density at radius 2 is 1.82 bits per heavy atom. The van der Waals surface area contributed by atoms with Crippen molar-refractivity contribution in [1.29, 1.82) is 0 Å². The lowest BCUT2D eigenvalue weighted by molar-refractivity contribution is 0.0641. The molecule has 0 radical (unpaired) electrons. The quantitative estimate of drug-likeness (QED) is 0.357. The van der Waals surface area contributed by atoms with Crippen LogP contribution in [0, 0.1) is 12.7 Å². The molecule has 6 rings (SSSR count). The Hall–Kier alpha value is -3.43. The monoisotopic (exact) mass is 514 g/mol. The highest BCUT2D eigenvalue weighted by molar-refractivity contribution is 5.82. The van der Waals surface area contributed by atoms with Crippen molar-refractivity contribution in [3.63, 3.8) is 0 Å². The average Bonchev–Trinajstić information content (AvgIpc) is 3.35. The number of imidazole rings is 1. The minimum absolute atomic E-state index is 0.243. The molecule has 3 aromatic heterocycles. The molecule has 0 aliphatic carbocycles. The molecule has 1 N–H and O–H groups in total. The van der Waals surface area contributed by atoms with Crippen molar-refractivity contribution in [1.82, 2.24) is 34.3 Å². The number of likely N-dealkylation sites (N-methyl/N-ethyl adjacent to an activating group) is 1. The predicted octanol–water partition coefficient (Wildman–Crippen LogP) is 5.33. The molecule has 2 atom stereocenters. The van der Waals surface area contributed by atoms with Crippen LogP contribution in [0.4, 0.5) is 16.2 Å². The first-order valence-electron chi connectivity index (χ1n) is 13.6. The fraction of sp³-hybridized carbons (Fsp3) is 0.448. The van der Waals surface area contributed by atoms with Gasteiger partial charge in [-0.15, -0.1) is 0 Å². The maximum Gasteiger partial charge on any atom is 0.229 e. The van der Waals surface area contributed by atoms with E-state index in [9.17, 15) is 4.39 Å². The second kappa shape index (κ2) is 10.0. The largest absolute Gasteiger partial charge is 0.326 e. The van der Waals surface area contributed by atoms with Crippen molar-refractivity contribution in [2.45, 2.75) is 65.2 Å². The fourth-order valence-corrected chi connectivity index (χ4v) is 6.15. The number of aromatic nitrogens is 5. The maximum atomic E-state index is 14.9. The third-order valence-corrected chi connectivity index (χ3v) is 7.99. The summed E-state index contributed by atoms with van der Waals surface area (Å²) in [6, 6.07) is 11.3. The number of anilines is 2. The van der Waals surface area contributed by atoms with Gasteiger partial charge < -0.3 is 14.8 Å². The Bertz CT molecular complexity index is 1430. The molecule has 2 aliphatic rings.